The van der Waals surface area contributed by atoms with Crippen LogP contribution in [0.4, 0.5) is 0 Å². The van der Waals surface area contributed by atoms with Crippen molar-refractivity contribution in [3.05, 3.63) is 12.2 Å². The molecule has 6 heteroatoms. The molecule has 0 bridgehead atoms. The summed E-state index contributed by atoms with van der Waals surface area (Å²) in [6.45, 7) is 6.69. The van der Waals surface area contributed by atoms with Crippen LogP contribution in [0.5, 0.6) is 0 Å². The maximum absolute atomic E-state index is 12.9. The second kappa shape index (κ2) is 61.7. The third-order valence-corrected chi connectivity index (χ3v) is 15.0. The fraction of sp³-hybridized carbons (Fsp3) is 0.924. The summed E-state index contributed by atoms with van der Waals surface area (Å²) in [6, 6.07) is 0. The first-order valence-electron chi connectivity index (χ1n) is 32.7. The number of allylic oxidation sites excluding steroid dienone is 2. The Morgan fingerprint density at radius 1 is 0.264 bits per heavy atom. The van der Waals surface area contributed by atoms with Gasteiger partial charge in [0.25, 0.3) is 0 Å². The summed E-state index contributed by atoms with van der Waals surface area (Å²) < 4.78 is 16.9. The molecule has 0 saturated heterocycles. The lowest BCUT2D eigenvalue weighted by molar-refractivity contribution is -0.167. The van der Waals surface area contributed by atoms with Gasteiger partial charge < -0.3 is 14.2 Å². The smallest absolute Gasteiger partial charge is 0.306 e. The van der Waals surface area contributed by atoms with E-state index in [4.69, 9.17) is 14.2 Å². The number of carbonyl (C=O) groups excluding carboxylic acids is 3. The average molecular weight is 1020 g/mol. The molecule has 0 heterocycles. The Hall–Kier alpha value is -1.85. The van der Waals surface area contributed by atoms with E-state index in [2.05, 4.69) is 32.9 Å². The van der Waals surface area contributed by atoms with Crippen molar-refractivity contribution in [1.29, 1.82) is 0 Å². The molecule has 1 unspecified atom stereocenters. The van der Waals surface area contributed by atoms with E-state index in [9.17, 15) is 14.4 Å². The molecule has 0 aromatic rings. The molecule has 0 fully saturated rings. The van der Waals surface area contributed by atoms with Gasteiger partial charge in [0.05, 0.1) is 0 Å². The quantitative estimate of drug-likeness (QED) is 0.0261. The van der Waals surface area contributed by atoms with E-state index in [0.29, 0.717) is 19.3 Å². The van der Waals surface area contributed by atoms with Gasteiger partial charge in [-0.15, -0.1) is 0 Å². The van der Waals surface area contributed by atoms with Gasteiger partial charge in [-0.1, -0.05) is 322 Å². The maximum Gasteiger partial charge on any atom is 0.306 e. The molecule has 1 atom stereocenters. The summed E-state index contributed by atoms with van der Waals surface area (Å²) in [5.74, 6) is -0.847. The third-order valence-electron chi connectivity index (χ3n) is 15.0. The Balaban J connectivity index is 4.14. The van der Waals surface area contributed by atoms with Crippen LogP contribution < -0.4 is 0 Å². The van der Waals surface area contributed by atoms with Crippen LogP contribution in [0.25, 0.3) is 0 Å². The highest BCUT2D eigenvalue weighted by atomic mass is 16.6. The summed E-state index contributed by atoms with van der Waals surface area (Å²) in [5.41, 5.74) is 0. The normalized spacial score (nSPS) is 12.0. The van der Waals surface area contributed by atoms with Crippen molar-refractivity contribution in [2.45, 2.75) is 380 Å². The average Bonchev–Trinajstić information content (AvgIpc) is 3.38. The SMILES string of the molecule is CCCCCC/C=C\CCCCCCCC(=O)OCC(COC(=O)CCCCCCCCCCCCCCCCCCCCCCCCCCCCC)OC(=O)CCCCCCCCCCCCCCCC. The van der Waals surface area contributed by atoms with E-state index < -0.39 is 6.10 Å². The van der Waals surface area contributed by atoms with E-state index in [1.165, 1.54) is 270 Å². The number of hydrogen-bond acceptors (Lipinski definition) is 6. The second-order valence-electron chi connectivity index (χ2n) is 22.4. The van der Waals surface area contributed by atoms with Crippen LogP contribution in [0.2, 0.25) is 0 Å². The topological polar surface area (TPSA) is 78.9 Å². The molecular weight excluding hydrogens is 889 g/mol. The molecule has 0 rings (SSSR count). The van der Waals surface area contributed by atoms with Gasteiger partial charge >= 0.3 is 17.9 Å². The molecule has 0 spiro atoms. The summed E-state index contributed by atoms with van der Waals surface area (Å²) in [7, 11) is 0. The minimum Gasteiger partial charge on any atom is -0.462 e. The highest BCUT2D eigenvalue weighted by Gasteiger charge is 2.19. The summed E-state index contributed by atoms with van der Waals surface area (Å²) in [4.78, 5) is 38.2. The molecule has 6 nitrogen and oxygen atoms in total. The molecule has 0 aromatic carbocycles. The van der Waals surface area contributed by atoms with Crippen LogP contribution >= 0.6 is 0 Å². The fourth-order valence-corrected chi connectivity index (χ4v) is 10.1. The lowest BCUT2D eigenvalue weighted by atomic mass is 10.0. The Bertz CT molecular complexity index is 1120. The Kier molecular flexibility index (Phi) is 60.1. The molecule has 0 amide bonds. The Morgan fingerprint density at radius 3 is 0.708 bits per heavy atom. The van der Waals surface area contributed by atoms with Crippen molar-refractivity contribution in [2.75, 3.05) is 13.2 Å². The minimum absolute atomic E-state index is 0.0662. The standard InChI is InChI=1S/C66H126O6/c1-4-7-10-13-16-19-22-25-27-28-29-30-31-32-33-34-35-36-37-38-39-42-44-47-50-53-56-59-65(68)71-62-63(61-70-64(67)58-55-52-49-46-43-40-24-21-18-15-12-9-6-3)72-66(69)60-57-54-51-48-45-41-26-23-20-17-14-11-8-5-2/h21,24,63H,4-20,22-23,25-62H2,1-3H3/b24-21-. The molecule has 0 N–H and O–H groups in total. The van der Waals surface area contributed by atoms with Crippen molar-refractivity contribution in [2.24, 2.45) is 0 Å². The lowest BCUT2D eigenvalue weighted by Gasteiger charge is -2.18. The van der Waals surface area contributed by atoms with E-state index in [1.54, 1.807) is 0 Å². The first kappa shape index (κ1) is 70.1. The third kappa shape index (κ3) is 59.0. The molecule has 426 valence electrons. The van der Waals surface area contributed by atoms with Gasteiger partial charge in [-0.3, -0.25) is 14.4 Å². The molecular formula is C66H126O6. The van der Waals surface area contributed by atoms with Crippen molar-refractivity contribution in [1.82, 2.24) is 0 Å². The first-order valence-corrected chi connectivity index (χ1v) is 32.7. The number of ether oxygens (including phenoxy) is 3. The van der Waals surface area contributed by atoms with E-state index >= 15 is 0 Å². The second-order valence-corrected chi connectivity index (χ2v) is 22.4. The molecule has 0 aliphatic heterocycles. The van der Waals surface area contributed by atoms with Crippen LogP contribution in [0.1, 0.15) is 374 Å². The predicted octanol–water partition coefficient (Wildman–Crippen LogP) is 22.1. The highest BCUT2D eigenvalue weighted by Crippen LogP contribution is 2.18. The van der Waals surface area contributed by atoms with E-state index in [1.807, 2.05) is 0 Å². The zero-order valence-electron chi connectivity index (χ0n) is 49.0. The minimum atomic E-state index is -0.768. The van der Waals surface area contributed by atoms with Crippen LogP contribution in [-0.2, 0) is 28.6 Å². The lowest BCUT2D eigenvalue weighted by Crippen LogP contribution is -2.30. The van der Waals surface area contributed by atoms with Crippen LogP contribution in [0, 0.1) is 0 Å². The first-order chi connectivity index (χ1) is 35.5. The largest absolute Gasteiger partial charge is 0.462 e. The van der Waals surface area contributed by atoms with Crippen LogP contribution in [0.3, 0.4) is 0 Å². The summed E-state index contributed by atoms with van der Waals surface area (Å²) in [6.07, 6.45) is 72.3. The van der Waals surface area contributed by atoms with Crippen molar-refractivity contribution in [3.63, 3.8) is 0 Å². The number of hydrogen-bond donors (Lipinski definition) is 0. The van der Waals surface area contributed by atoms with Gasteiger partial charge in [-0.25, -0.2) is 0 Å². The number of rotatable bonds is 61. The van der Waals surface area contributed by atoms with Crippen molar-refractivity contribution >= 4 is 17.9 Å². The molecule has 0 aliphatic rings. The zero-order chi connectivity index (χ0) is 52.2. The Labute approximate surface area is 450 Å². The van der Waals surface area contributed by atoms with E-state index in [-0.39, 0.29) is 31.1 Å². The van der Waals surface area contributed by atoms with Crippen molar-refractivity contribution < 1.29 is 28.6 Å². The number of carbonyl (C=O) groups is 3. The molecule has 0 aliphatic carbocycles. The van der Waals surface area contributed by atoms with Crippen molar-refractivity contribution in [3.8, 4) is 0 Å². The van der Waals surface area contributed by atoms with Gasteiger partial charge in [0.2, 0.25) is 0 Å². The zero-order valence-corrected chi connectivity index (χ0v) is 49.0. The van der Waals surface area contributed by atoms with Gasteiger partial charge in [-0.2, -0.15) is 0 Å². The molecule has 72 heavy (non-hydrogen) atoms. The maximum atomic E-state index is 12.9. The van der Waals surface area contributed by atoms with Gasteiger partial charge in [0.15, 0.2) is 6.10 Å². The predicted molar refractivity (Wildman–Crippen MR) is 312 cm³/mol. The molecule has 0 aromatic heterocycles. The van der Waals surface area contributed by atoms with Crippen LogP contribution in [-0.4, -0.2) is 37.2 Å². The number of unbranched alkanes of at least 4 members (excludes halogenated alkanes) is 48. The summed E-state index contributed by atoms with van der Waals surface area (Å²) >= 11 is 0. The number of esters is 3. The van der Waals surface area contributed by atoms with Gasteiger partial charge in [0.1, 0.15) is 13.2 Å². The fourth-order valence-electron chi connectivity index (χ4n) is 10.1. The highest BCUT2D eigenvalue weighted by molar-refractivity contribution is 5.71. The van der Waals surface area contributed by atoms with Crippen LogP contribution in [0.15, 0.2) is 12.2 Å². The molecule has 0 radical (unpaired) electrons. The summed E-state index contributed by atoms with van der Waals surface area (Å²) in [5, 5.41) is 0. The van der Waals surface area contributed by atoms with Gasteiger partial charge in [-0.05, 0) is 44.9 Å². The van der Waals surface area contributed by atoms with Gasteiger partial charge in [0, 0.05) is 19.3 Å². The molecule has 0 saturated carbocycles. The monoisotopic (exact) mass is 1010 g/mol. The Morgan fingerprint density at radius 2 is 0.458 bits per heavy atom. The van der Waals surface area contributed by atoms with E-state index in [0.717, 1.165) is 64.2 Å².